The normalized spacial score (nSPS) is 11.2. The molecule has 0 aliphatic carbocycles. The SMILES string of the molecule is CC(C)(C)OC(=O)c1nc(Br)c(C(=O)O)s1. The largest absolute Gasteiger partial charge is 0.477 e. The number of aromatic nitrogens is 1. The van der Waals surface area contributed by atoms with Crippen molar-refractivity contribution in [3.05, 3.63) is 14.5 Å². The first-order chi connectivity index (χ1) is 7.20. The molecule has 1 heterocycles. The van der Waals surface area contributed by atoms with Crippen LogP contribution in [0.4, 0.5) is 0 Å². The minimum absolute atomic E-state index is 0.0131. The zero-order valence-electron chi connectivity index (χ0n) is 8.91. The first kappa shape index (κ1) is 13.1. The monoisotopic (exact) mass is 307 g/mol. The fourth-order valence-electron chi connectivity index (χ4n) is 0.842. The maximum absolute atomic E-state index is 11.6. The first-order valence-electron chi connectivity index (χ1n) is 4.33. The summed E-state index contributed by atoms with van der Waals surface area (Å²) in [6, 6.07) is 0. The summed E-state index contributed by atoms with van der Waals surface area (Å²) >= 11 is 3.76. The average Bonchev–Trinajstić information content (AvgIpc) is 2.44. The summed E-state index contributed by atoms with van der Waals surface area (Å²) in [5.74, 6) is -1.75. The van der Waals surface area contributed by atoms with Crippen molar-refractivity contribution in [1.82, 2.24) is 4.98 Å². The van der Waals surface area contributed by atoms with Gasteiger partial charge in [-0.25, -0.2) is 14.6 Å². The molecule has 7 heteroatoms. The van der Waals surface area contributed by atoms with E-state index in [2.05, 4.69) is 20.9 Å². The third kappa shape index (κ3) is 3.28. The molecule has 5 nitrogen and oxygen atoms in total. The van der Waals surface area contributed by atoms with Gasteiger partial charge in [-0.05, 0) is 36.7 Å². The first-order valence-corrected chi connectivity index (χ1v) is 5.94. The van der Waals surface area contributed by atoms with E-state index in [1.807, 2.05) is 0 Å². The Morgan fingerprint density at radius 3 is 2.38 bits per heavy atom. The molecule has 1 N–H and O–H groups in total. The molecule has 0 radical (unpaired) electrons. The van der Waals surface area contributed by atoms with Crippen LogP contribution in [0.2, 0.25) is 0 Å². The second-order valence-corrected chi connectivity index (χ2v) is 5.70. The van der Waals surface area contributed by atoms with E-state index in [0.717, 1.165) is 11.3 Å². The second kappa shape index (κ2) is 4.50. The van der Waals surface area contributed by atoms with Crippen LogP contribution in [0, 0.1) is 0 Å². The van der Waals surface area contributed by atoms with E-state index < -0.39 is 17.5 Å². The number of aromatic carboxylic acids is 1. The number of esters is 1. The fourth-order valence-corrected chi connectivity index (χ4v) is 2.22. The molecule has 0 aromatic carbocycles. The van der Waals surface area contributed by atoms with Crippen LogP contribution in [0.15, 0.2) is 4.60 Å². The van der Waals surface area contributed by atoms with E-state index in [4.69, 9.17) is 9.84 Å². The smallest absolute Gasteiger partial charge is 0.368 e. The molecule has 0 amide bonds. The molecule has 16 heavy (non-hydrogen) atoms. The van der Waals surface area contributed by atoms with E-state index in [1.54, 1.807) is 20.8 Å². The molecule has 0 saturated carbocycles. The van der Waals surface area contributed by atoms with Gasteiger partial charge in [0.2, 0.25) is 5.01 Å². The number of nitrogens with zero attached hydrogens (tertiary/aromatic N) is 1. The van der Waals surface area contributed by atoms with Crippen molar-refractivity contribution < 1.29 is 19.4 Å². The highest BCUT2D eigenvalue weighted by Gasteiger charge is 2.24. The number of rotatable bonds is 2. The van der Waals surface area contributed by atoms with Crippen LogP contribution in [0.25, 0.3) is 0 Å². The van der Waals surface area contributed by atoms with Crippen LogP contribution >= 0.6 is 27.3 Å². The van der Waals surface area contributed by atoms with Gasteiger partial charge in [0.1, 0.15) is 15.1 Å². The number of carboxylic acids is 1. The van der Waals surface area contributed by atoms with Crippen molar-refractivity contribution in [3.63, 3.8) is 0 Å². The molecular formula is C9H10BrNO4S. The maximum Gasteiger partial charge on any atom is 0.368 e. The molecule has 0 aliphatic heterocycles. The Morgan fingerprint density at radius 2 is 2.00 bits per heavy atom. The van der Waals surface area contributed by atoms with E-state index in [-0.39, 0.29) is 14.5 Å². The number of carbonyl (C=O) groups is 2. The van der Waals surface area contributed by atoms with Gasteiger partial charge in [0.05, 0.1) is 0 Å². The summed E-state index contributed by atoms with van der Waals surface area (Å²) < 4.78 is 5.21. The van der Waals surface area contributed by atoms with Gasteiger partial charge in [0.25, 0.3) is 0 Å². The minimum atomic E-state index is -1.13. The molecule has 1 aromatic heterocycles. The van der Waals surface area contributed by atoms with Crippen LogP contribution in [0.5, 0.6) is 0 Å². The molecule has 1 aromatic rings. The molecule has 0 spiro atoms. The van der Waals surface area contributed by atoms with E-state index >= 15 is 0 Å². The van der Waals surface area contributed by atoms with Gasteiger partial charge in [-0.15, -0.1) is 0 Å². The molecule has 0 atom stereocenters. The average molecular weight is 308 g/mol. The van der Waals surface area contributed by atoms with Crippen LogP contribution in [0.3, 0.4) is 0 Å². The van der Waals surface area contributed by atoms with Crippen LogP contribution in [-0.4, -0.2) is 27.6 Å². The van der Waals surface area contributed by atoms with Crippen molar-refractivity contribution >= 4 is 39.2 Å². The summed E-state index contributed by atoms with van der Waals surface area (Å²) in [7, 11) is 0. The van der Waals surface area contributed by atoms with Crippen molar-refractivity contribution in [2.45, 2.75) is 26.4 Å². The fraction of sp³-hybridized carbons (Fsp3) is 0.444. The van der Waals surface area contributed by atoms with Gasteiger partial charge in [-0.1, -0.05) is 11.3 Å². The van der Waals surface area contributed by atoms with Gasteiger partial charge in [0.15, 0.2) is 0 Å². The van der Waals surface area contributed by atoms with E-state index in [1.165, 1.54) is 0 Å². The third-order valence-electron chi connectivity index (χ3n) is 1.35. The summed E-state index contributed by atoms with van der Waals surface area (Å²) in [5, 5.41) is 8.81. The molecule has 0 aliphatic rings. The summed E-state index contributed by atoms with van der Waals surface area (Å²) in [6.07, 6.45) is 0. The Labute approximate surface area is 105 Å². The van der Waals surface area contributed by atoms with E-state index in [9.17, 15) is 9.59 Å². The lowest BCUT2D eigenvalue weighted by molar-refractivity contribution is 0.00689. The van der Waals surface area contributed by atoms with Crippen molar-refractivity contribution in [2.24, 2.45) is 0 Å². The van der Waals surface area contributed by atoms with Gasteiger partial charge in [0, 0.05) is 0 Å². The summed E-state index contributed by atoms with van der Waals surface area (Å²) in [4.78, 5) is 26.1. The summed E-state index contributed by atoms with van der Waals surface area (Å²) in [5.41, 5.74) is -0.626. The molecule has 0 unspecified atom stereocenters. The number of hydrogen-bond donors (Lipinski definition) is 1. The molecule has 0 fully saturated rings. The predicted molar refractivity (Wildman–Crippen MR) is 61.9 cm³/mol. The Balaban J connectivity index is 2.94. The molecule has 88 valence electrons. The lowest BCUT2D eigenvalue weighted by Crippen LogP contribution is -2.23. The number of ether oxygens (including phenoxy) is 1. The highest BCUT2D eigenvalue weighted by Crippen LogP contribution is 2.25. The number of carboxylic acid groups (broad SMARTS) is 1. The molecule has 1 rings (SSSR count). The van der Waals surface area contributed by atoms with Crippen LogP contribution in [0.1, 0.15) is 40.2 Å². The van der Waals surface area contributed by atoms with Crippen molar-refractivity contribution in [1.29, 1.82) is 0 Å². The lowest BCUT2D eigenvalue weighted by Gasteiger charge is -2.18. The molecule has 0 bridgehead atoms. The van der Waals surface area contributed by atoms with E-state index in [0.29, 0.717) is 0 Å². The third-order valence-corrected chi connectivity index (χ3v) is 3.21. The molecular weight excluding hydrogens is 298 g/mol. The Hall–Kier alpha value is -0.950. The Morgan fingerprint density at radius 1 is 1.44 bits per heavy atom. The predicted octanol–water partition coefficient (Wildman–Crippen LogP) is 2.56. The summed E-state index contributed by atoms with van der Waals surface area (Å²) in [6.45, 7) is 5.18. The maximum atomic E-state index is 11.6. The van der Waals surface area contributed by atoms with Gasteiger partial charge in [-0.3, -0.25) is 0 Å². The molecule has 0 saturated heterocycles. The van der Waals surface area contributed by atoms with Crippen LogP contribution in [-0.2, 0) is 4.74 Å². The zero-order chi connectivity index (χ0) is 12.5. The van der Waals surface area contributed by atoms with Gasteiger partial charge in [-0.2, -0.15) is 0 Å². The number of halogens is 1. The second-order valence-electron chi connectivity index (χ2n) is 3.95. The minimum Gasteiger partial charge on any atom is -0.477 e. The van der Waals surface area contributed by atoms with Crippen molar-refractivity contribution in [2.75, 3.05) is 0 Å². The standard InChI is InChI=1S/C9H10BrNO4S/c1-9(2,3)15-8(14)6-11-5(10)4(16-6)7(12)13/h1-3H3,(H,12,13). The number of thiazole rings is 1. The van der Waals surface area contributed by atoms with Gasteiger partial charge < -0.3 is 9.84 Å². The number of hydrogen-bond acceptors (Lipinski definition) is 5. The van der Waals surface area contributed by atoms with Crippen LogP contribution < -0.4 is 0 Å². The highest BCUT2D eigenvalue weighted by molar-refractivity contribution is 9.10. The topological polar surface area (TPSA) is 76.5 Å². The van der Waals surface area contributed by atoms with Crippen molar-refractivity contribution in [3.8, 4) is 0 Å². The Bertz CT molecular complexity index is 435. The number of carbonyl (C=O) groups excluding carboxylic acids is 1. The van der Waals surface area contributed by atoms with Gasteiger partial charge >= 0.3 is 11.9 Å². The Kier molecular flexibility index (Phi) is 3.69. The highest BCUT2D eigenvalue weighted by atomic mass is 79.9. The zero-order valence-corrected chi connectivity index (χ0v) is 11.3. The quantitative estimate of drug-likeness (QED) is 0.850. The lowest BCUT2D eigenvalue weighted by atomic mass is 10.2.